The predicted molar refractivity (Wildman–Crippen MR) is 98.2 cm³/mol. The minimum atomic E-state index is -0.127. The van der Waals surface area contributed by atoms with Crippen molar-refractivity contribution in [2.24, 2.45) is 0 Å². The molecule has 0 aliphatic carbocycles. The average Bonchev–Trinajstić information content (AvgIpc) is 3.35. The van der Waals surface area contributed by atoms with Crippen LogP contribution in [0.3, 0.4) is 0 Å². The van der Waals surface area contributed by atoms with E-state index >= 15 is 0 Å². The third-order valence-corrected chi connectivity index (χ3v) is 3.95. The lowest BCUT2D eigenvalue weighted by atomic mass is 10.2. The highest BCUT2D eigenvalue weighted by Crippen LogP contribution is 2.15. The summed E-state index contributed by atoms with van der Waals surface area (Å²) in [5.74, 6) is 1.11. The van der Waals surface area contributed by atoms with E-state index in [4.69, 9.17) is 4.74 Å². The molecule has 0 bridgehead atoms. The Bertz CT molecular complexity index is 858. The van der Waals surface area contributed by atoms with Gasteiger partial charge < -0.3 is 14.6 Å². The van der Waals surface area contributed by atoms with Crippen molar-refractivity contribution in [3.8, 4) is 5.75 Å². The second kappa shape index (κ2) is 8.93. The van der Waals surface area contributed by atoms with E-state index in [2.05, 4.69) is 25.8 Å². The molecule has 0 saturated heterocycles. The van der Waals surface area contributed by atoms with Gasteiger partial charge in [0.2, 0.25) is 0 Å². The number of carbonyl (C=O) groups is 1. The van der Waals surface area contributed by atoms with Crippen LogP contribution in [0.25, 0.3) is 0 Å². The van der Waals surface area contributed by atoms with Gasteiger partial charge in [0.25, 0.3) is 5.91 Å². The fraction of sp³-hybridized carbons (Fsp3) is 0.389. The van der Waals surface area contributed by atoms with Gasteiger partial charge in [-0.1, -0.05) is 6.07 Å². The van der Waals surface area contributed by atoms with Crippen molar-refractivity contribution >= 4 is 5.91 Å². The summed E-state index contributed by atoms with van der Waals surface area (Å²) < 4.78 is 9.44. The molecule has 9 heteroatoms. The highest BCUT2D eigenvalue weighted by molar-refractivity contribution is 5.94. The zero-order valence-electron chi connectivity index (χ0n) is 15.4. The summed E-state index contributed by atoms with van der Waals surface area (Å²) in [5.41, 5.74) is 0.554. The molecule has 0 spiro atoms. The molecule has 0 fully saturated rings. The number of amides is 1. The fourth-order valence-corrected chi connectivity index (χ4v) is 2.57. The third kappa shape index (κ3) is 5.13. The number of ether oxygens (including phenoxy) is 1. The number of aromatic nitrogens is 6. The van der Waals surface area contributed by atoms with Gasteiger partial charge in [-0.15, -0.1) is 5.10 Å². The van der Waals surface area contributed by atoms with Crippen molar-refractivity contribution in [2.45, 2.75) is 39.5 Å². The Morgan fingerprint density at radius 3 is 3.00 bits per heavy atom. The number of rotatable bonds is 9. The molecule has 1 amide bonds. The van der Waals surface area contributed by atoms with Crippen molar-refractivity contribution in [1.82, 2.24) is 35.1 Å². The van der Waals surface area contributed by atoms with Gasteiger partial charge in [-0.3, -0.25) is 4.79 Å². The number of hydrogen-bond acceptors (Lipinski definition) is 6. The number of benzene rings is 1. The predicted octanol–water partition coefficient (Wildman–Crippen LogP) is 1.85. The van der Waals surface area contributed by atoms with Crippen LogP contribution in [0, 0.1) is 0 Å². The van der Waals surface area contributed by atoms with Crippen molar-refractivity contribution < 1.29 is 9.53 Å². The van der Waals surface area contributed by atoms with Gasteiger partial charge in [-0.05, 0) is 48.9 Å². The molecule has 0 atom stereocenters. The normalized spacial score (nSPS) is 10.9. The second-order valence-electron chi connectivity index (χ2n) is 6.36. The summed E-state index contributed by atoms with van der Waals surface area (Å²) in [6.07, 6.45) is 6.23. The van der Waals surface area contributed by atoms with Crippen molar-refractivity contribution in [2.75, 3.05) is 6.54 Å². The van der Waals surface area contributed by atoms with Gasteiger partial charge in [0.1, 0.15) is 12.4 Å². The van der Waals surface area contributed by atoms with Crippen LogP contribution in [0.4, 0.5) is 0 Å². The molecule has 3 aromatic rings. The van der Waals surface area contributed by atoms with Crippen molar-refractivity contribution in [1.29, 1.82) is 0 Å². The Kier molecular flexibility index (Phi) is 6.14. The Morgan fingerprint density at radius 1 is 1.33 bits per heavy atom. The van der Waals surface area contributed by atoms with Crippen LogP contribution in [0.1, 0.15) is 42.5 Å². The summed E-state index contributed by atoms with van der Waals surface area (Å²) in [7, 11) is 0. The van der Waals surface area contributed by atoms with E-state index in [1.807, 2.05) is 24.6 Å². The molecule has 9 nitrogen and oxygen atoms in total. The molecule has 0 aliphatic rings. The van der Waals surface area contributed by atoms with Crippen LogP contribution in [0.5, 0.6) is 5.75 Å². The van der Waals surface area contributed by atoms with Gasteiger partial charge in [0.15, 0.2) is 5.82 Å². The van der Waals surface area contributed by atoms with E-state index in [1.54, 1.807) is 41.5 Å². The summed E-state index contributed by atoms with van der Waals surface area (Å²) in [5, 5.41) is 14.5. The first-order valence-corrected chi connectivity index (χ1v) is 8.87. The van der Waals surface area contributed by atoms with Crippen molar-refractivity contribution in [3.05, 3.63) is 54.4 Å². The average molecular weight is 369 g/mol. The van der Waals surface area contributed by atoms with Gasteiger partial charge in [-0.25, -0.2) is 9.67 Å². The molecule has 142 valence electrons. The lowest BCUT2D eigenvalue weighted by molar-refractivity contribution is 0.0952. The first-order chi connectivity index (χ1) is 13.1. The quantitative estimate of drug-likeness (QED) is 0.578. The van der Waals surface area contributed by atoms with E-state index in [0.717, 1.165) is 13.0 Å². The smallest absolute Gasteiger partial charge is 0.251 e. The summed E-state index contributed by atoms with van der Waals surface area (Å²) in [4.78, 5) is 16.3. The molecule has 3 rings (SSSR count). The molecule has 1 aromatic carbocycles. The number of imidazole rings is 1. The van der Waals surface area contributed by atoms with Gasteiger partial charge >= 0.3 is 0 Å². The van der Waals surface area contributed by atoms with E-state index in [9.17, 15) is 4.79 Å². The standard InChI is InChI=1S/C18H23N7O2/c1-14(2)25-17(21-22-23-25)12-27-16-6-3-5-15(11-16)18(26)20-7-4-9-24-10-8-19-13-24/h3,5-6,8,10-11,13-14H,4,7,9,12H2,1-2H3,(H,20,26). The monoisotopic (exact) mass is 369 g/mol. The number of aryl methyl sites for hydroxylation is 1. The van der Waals surface area contributed by atoms with Gasteiger partial charge in [0, 0.05) is 31.0 Å². The maximum atomic E-state index is 12.3. The topological polar surface area (TPSA) is 99.8 Å². The van der Waals surface area contributed by atoms with Gasteiger partial charge in [-0.2, -0.15) is 0 Å². The number of carbonyl (C=O) groups excluding carboxylic acids is 1. The molecule has 0 aliphatic heterocycles. The summed E-state index contributed by atoms with van der Waals surface area (Å²) in [6.45, 7) is 5.63. The van der Waals surface area contributed by atoms with E-state index < -0.39 is 0 Å². The molecular weight excluding hydrogens is 346 g/mol. The van der Waals surface area contributed by atoms with Crippen molar-refractivity contribution in [3.63, 3.8) is 0 Å². The molecular formula is C18H23N7O2. The van der Waals surface area contributed by atoms with Crippen LogP contribution >= 0.6 is 0 Å². The minimum Gasteiger partial charge on any atom is -0.486 e. The molecule has 0 saturated carbocycles. The largest absolute Gasteiger partial charge is 0.486 e. The molecule has 2 heterocycles. The lowest BCUT2D eigenvalue weighted by Gasteiger charge is -2.10. The maximum Gasteiger partial charge on any atom is 0.251 e. The molecule has 0 radical (unpaired) electrons. The van der Waals surface area contributed by atoms with Crippen LogP contribution in [-0.2, 0) is 13.2 Å². The van der Waals surface area contributed by atoms with E-state index in [-0.39, 0.29) is 18.6 Å². The highest BCUT2D eigenvalue weighted by atomic mass is 16.5. The maximum absolute atomic E-state index is 12.3. The molecule has 2 aromatic heterocycles. The fourth-order valence-electron chi connectivity index (χ4n) is 2.57. The Morgan fingerprint density at radius 2 is 2.22 bits per heavy atom. The van der Waals surface area contributed by atoms with E-state index in [1.165, 1.54) is 0 Å². The highest BCUT2D eigenvalue weighted by Gasteiger charge is 2.11. The Balaban J connectivity index is 1.50. The number of tetrazole rings is 1. The third-order valence-electron chi connectivity index (χ3n) is 3.95. The van der Waals surface area contributed by atoms with Crippen LogP contribution in [-0.4, -0.2) is 42.2 Å². The van der Waals surface area contributed by atoms with E-state index in [0.29, 0.717) is 23.7 Å². The van der Waals surface area contributed by atoms with Crippen LogP contribution in [0.2, 0.25) is 0 Å². The number of nitrogens with zero attached hydrogens (tertiary/aromatic N) is 6. The number of hydrogen-bond donors (Lipinski definition) is 1. The molecule has 0 unspecified atom stereocenters. The van der Waals surface area contributed by atoms with Crippen LogP contribution in [0.15, 0.2) is 43.0 Å². The first kappa shape index (κ1) is 18.6. The minimum absolute atomic E-state index is 0.127. The summed E-state index contributed by atoms with van der Waals surface area (Å²) >= 11 is 0. The Hall–Kier alpha value is -3.23. The zero-order valence-corrected chi connectivity index (χ0v) is 15.4. The summed E-state index contributed by atoms with van der Waals surface area (Å²) in [6, 6.07) is 7.23. The molecule has 27 heavy (non-hydrogen) atoms. The second-order valence-corrected chi connectivity index (χ2v) is 6.36. The Labute approximate surface area is 157 Å². The SMILES string of the molecule is CC(C)n1nnnc1COc1cccc(C(=O)NCCCn2ccnc2)c1. The first-order valence-electron chi connectivity index (χ1n) is 8.87. The molecule has 1 N–H and O–H groups in total. The van der Waals surface area contributed by atoms with Gasteiger partial charge in [0.05, 0.1) is 12.4 Å². The zero-order chi connectivity index (χ0) is 19.1. The van der Waals surface area contributed by atoms with Crippen LogP contribution < -0.4 is 10.1 Å². The number of nitrogens with one attached hydrogen (secondary N) is 1. The lowest BCUT2D eigenvalue weighted by Crippen LogP contribution is -2.25.